The first-order chi connectivity index (χ1) is 14.8. The summed E-state index contributed by atoms with van der Waals surface area (Å²) >= 11 is 0. The van der Waals surface area contributed by atoms with Crippen LogP contribution < -0.4 is 4.90 Å². The summed E-state index contributed by atoms with van der Waals surface area (Å²) in [5.41, 5.74) is 2.91. The molecule has 5 nitrogen and oxygen atoms in total. The highest BCUT2D eigenvalue weighted by molar-refractivity contribution is 5.91. The Hall–Kier alpha value is -3.31. The number of aliphatic hydroxyl groups is 1. The molecule has 3 heterocycles. The van der Waals surface area contributed by atoms with Crippen LogP contribution in [0.2, 0.25) is 0 Å². The van der Waals surface area contributed by atoms with Crippen molar-refractivity contribution in [2.75, 3.05) is 18.0 Å². The van der Waals surface area contributed by atoms with Gasteiger partial charge in [-0.15, -0.1) is 0 Å². The molecule has 4 aromatic rings. The molecule has 0 amide bonds. The molecule has 1 saturated heterocycles. The second-order valence-electron chi connectivity index (χ2n) is 7.80. The summed E-state index contributed by atoms with van der Waals surface area (Å²) in [6, 6.07) is 22.0. The summed E-state index contributed by atoms with van der Waals surface area (Å²) in [6.07, 6.45) is 4.98. The highest BCUT2D eigenvalue weighted by atomic mass is 16.3. The number of fused-ring (bicyclic) bond motifs is 1. The number of aromatic nitrogens is 3. The van der Waals surface area contributed by atoms with Crippen molar-refractivity contribution >= 4 is 16.7 Å². The summed E-state index contributed by atoms with van der Waals surface area (Å²) in [4.78, 5) is 16.2. The zero-order valence-corrected chi connectivity index (χ0v) is 16.7. The number of piperidine rings is 1. The van der Waals surface area contributed by atoms with Crippen molar-refractivity contribution in [3.63, 3.8) is 0 Å². The number of pyridine rings is 1. The molecule has 1 atom stereocenters. The molecule has 2 aromatic heterocycles. The number of para-hydroxylation sites is 1. The molecular weight excluding hydrogens is 372 g/mol. The average Bonchev–Trinajstić information content (AvgIpc) is 2.84. The van der Waals surface area contributed by atoms with Crippen LogP contribution in [-0.4, -0.2) is 33.1 Å². The molecule has 1 fully saturated rings. The molecule has 0 radical (unpaired) electrons. The van der Waals surface area contributed by atoms with Gasteiger partial charge < -0.3 is 10.0 Å². The molecule has 1 N–H and O–H groups in total. The van der Waals surface area contributed by atoms with Gasteiger partial charge in [0, 0.05) is 36.4 Å². The van der Waals surface area contributed by atoms with Gasteiger partial charge >= 0.3 is 0 Å². The lowest BCUT2D eigenvalue weighted by atomic mass is 9.87. The molecule has 5 rings (SSSR count). The van der Waals surface area contributed by atoms with E-state index in [1.54, 1.807) is 12.4 Å². The Labute approximate surface area is 176 Å². The Balaban J connectivity index is 1.43. The van der Waals surface area contributed by atoms with E-state index in [0.717, 1.165) is 59.6 Å². The van der Waals surface area contributed by atoms with Gasteiger partial charge in [-0.3, -0.25) is 4.98 Å². The quantitative estimate of drug-likeness (QED) is 0.544. The number of rotatable bonds is 4. The number of hydrogen-bond donors (Lipinski definition) is 1. The van der Waals surface area contributed by atoms with Crippen molar-refractivity contribution in [2.45, 2.75) is 18.9 Å². The Kier molecular flexibility index (Phi) is 5.11. The van der Waals surface area contributed by atoms with Crippen LogP contribution in [0.1, 0.15) is 24.5 Å². The average molecular weight is 396 g/mol. The zero-order valence-electron chi connectivity index (χ0n) is 16.7. The molecule has 0 aliphatic carbocycles. The van der Waals surface area contributed by atoms with Crippen LogP contribution in [0.3, 0.4) is 0 Å². The van der Waals surface area contributed by atoms with E-state index < -0.39 is 6.10 Å². The highest BCUT2D eigenvalue weighted by Gasteiger charge is 2.27. The lowest BCUT2D eigenvalue weighted by Crippen LogP contribution is -2.36. The van der Waals surface area contributed by atoms with Gasteiger partial charge in [-0.05, 0) is 48.6 Å². The van der Waals surface area contributed by atoms with Gasteiger partial charge in [-0.25, -0.2) is 9.97 Å². The fourth-order valence-electron chi connectivity index (χ4n) is 4.28. The van der Waals surface area contributed by atoms with E-state index in [9.17, 15) is 5.11 Å². The molecule has 5 heteroatoms. The highest BCUT2D eigenvalue weighted by Crippen LogP contribution is 2.34. The first kappa shape index (κ1) is 18.7. The normalized spacial score (nSPS) is 16.0. The monoisotopic (exact) mass is 396 g/mol. The van der Waals surface area contributed by atoms with Gasteiger partial charge in [0.2, 0.25) is 0 Å². The lowest BCUT2D eigenvalue weighted by Gasteiger charge is -2.35. The summed E-state index contributed by atoms with van der Waals surface area (Å²) in [6.45, 7) is 1.73. The van der Waals surface area contributed by atoms with Crippen LogP contribution in [-0.2, 0) is 0 Å². The fourth-order valence-corrected chi connectivity index (χ4v) is 4.28. The van der Waals surface area contributed by atoms with Gasteiger partial charge in [0.1, 0.15) is 5.82 Å². The standard InChI is InChI=1S/C25H24N4O/c30-23(18-6-2-1-3-7-18)19-12-16-29(17-13-19)25-21-8-4-5-9-22(21)27-24(28-25)20-10-14-26-15-11-20/h1-11,14-15,19,23,30H,12-13,16-17H2/t23-/m0/s1. The second-order valence-corrected chi connectivity index (χ2v) is 7.80. The minimum Gasteiger partial charge on any atom is -0.388 e. The molecule has 1 aliphatic heterocycles. The molecule has 0 unspecified atom stereocenters. The first-order valence-corrected chi connectivity index (χ1v) is 10.4. The molecule has 150 valence electrons. The second kappa shape index (κ2) is 8.20. The molecule has 1 aliphatic rings. The van der Waals surface area contributed by atoms with Crippen molar-refractivity contribution < 1.29 is 5.11 Å². The van der Waals surface area contributed by atoms with Crippen LogP contribution in [0.15, 0.2) is 79.1 Å². The van der Waals surface area contributed by atoms with Gasteiger partial charge in [0.05, 0.1) is 11.6 Å². The first-order valence-electron chi connectivity index (χ1n) is 10.4. The maximum atomic E-state index is 10.8. The largest absolute Gasteiger partial charge is 0.388 e. The third kappa shape index (κ3) is 3.64. The smallest absolute Gasteiger partial charge is 0.162 e. The van der Waals surface area contributed by atoms with E-state index in [0.29, 0.717) is 0 Å². The van der Waals surface area contributed by atoms with E-state index in [2.05, 4.69) is 16.0 Å². The van der Waals surface area contributed by atoms with Crippen molar-refractivity contribution in [1.82, 2.24) is 15.0 Å². The minimum absolute atomic E-state index is 0.261. The van der Waals surface area contributed by atoms with Crippen LogP contribution >= 0.6 is 0 Å². The summed E-state index contributed by atoms with van der Waals surface area (Å²) in [5.74, 6) is 1.95. The van der Waals surface area contributed by atoms with Crippen LogP contribution in [0.25, 0.3) is 22.3 Å². The number of hydrogen-bond acceptors (Lipinski definition) is 5. The van der Waals surface area contributed by atoms with Gasteiger partial charge in [-0.2, -0.15) is 0 Å². The van der Waals surface area contributed by atoms with Crippen LogP contribution in [0.4, 0.5) is 5.82 Å². The number of aliphatic hydroxyl groups excluding tert-OH is 1. The third-order valence-corrected chi connectivity index (χ3v) is 5.95. The van der Waals surface area contributed by atoms with E-state index in [-0.39, 0.29) is 5.92 Å². The SMILES string of the molecule is O[C@@H](c1ccccc1)C1CCN(c2nc(-c3ccncc3)nc3ccccc23)CC1. The molecule has 0 spiro atoms. The van der Waals surface area contributed by atoms with Gasteiger partial charge in [0.25, 0.3) is 0 Å². The zero-order chi connectivity index (χ0) is 20.3. The lowest BCUT2D eigenvalue weighted by molar-refractivity contribution is 0.0929. The summed E-state index contributed by atoms with van der Waals surface area (Å²) in [7, 11) is 0. The fraction of sp³-hybridized carbons (Fsp3) is 0.240. The topological polar surface area (TPSA) is 62.1 Å². The van der Waals surface area contributed by atoms with E-state index >= 15 is 0 Å². The van der Waals surface area contributed by atoms with Crippen molar-refractivity contribution in [2.24, 2.45) is 5.92 Å². The predicted molar refractivity (Wildman–Crippen MR) is 119 cm³/mol. The molecule has 2 aromatic carbocycles. The molecule has 0 saturated carbocycles. The van der Waals surface area contributed by atoms with Gasteiger partial charge in [-0.1, -0.05) is 42.5 Å². The number of anilines is 1. The Morgan fingerprint density at radius 3 is 2.30 bits per heavy atom. The van der Waals surface area contributed by atoms with Crippen LogP contribution in [0.5, 0.6) is 0 Å². The molecule has 0 bridgehead atoms. The maximum absolute atomic E-state index is 10.8. The van der Waals surface area contributed by atoms with Crippen molar-refractivity contribution in [1.29, 1.82) is 0 Å². The third-order valence-electron chi connectivity index (χ3n) is 5.95. The molecule has 30 heavy (non-hydrogen) atoms. The Morgan fingerprint density at radius 2 is 1.53 bits per heavy atom. The van der Waals surface area contributed by atoms with E-state index in [1.807, 2.05) is 60.7 Å². The molecular formula is C25H24N4O. The summed E-state index contributed by atoms with van der Waals surface area (Å²) < 4.78 is 0. The number of benzene rings is 2. The van der Waals surface area contributed by atoms with Crippen LogP contribution in [0, 0.1) is 5.92 Å². The van der Waals surface area contributed by atoms with Gasteiger partial charge in [0.15, 0.2) is 5.82 Å². The maximum Gasteiger partial charge on any atom is 0.162 e. The Morgan fingerprint density at radius 1 is 0.833 bits per heavy atom. The predicted octanol–water partition coefficient (Wildman–Crippen LogP) is 4.64. The minimum atomic E-state index is -0.414. The van der Waals surface area contributed by atoms with E-state index in [4.69, 9.17) is 9.97 Å². The number of nitrogens with zero attached hydrogens (tertiary/aromatic N) is 4. The van der Waals surface area contributed by atoms with E-state index in [1.165, 1.54) is 0 Å². The van der Waals surface area contributed by atoms with Crippen molar-refractivity contribution in [3.05, 3.63) is 84.7 Å². The summed E-state index contributed by atoms with van der Waals surface area (Å²) in [5, 5.41) is 11.9. The Bertz CT molecular complexity index is 1130. The van der Waals surface area contributed by atoms with Crippen molar-refractivity contribution in [3.8, 4) is 11.4 Å².